The molecule has 0 aliphatic carbocycles. The molecule has 13 heteroatoms. The van der Waals surface area contributed by atoms with Crippen LogP contribution in [0.4, 0.5) is 0 Å². The van der Waals surface area contributed by atoms with Gasteiger partial charge >= 0.3 is 17.9 Å². The third-order valence-corrected chi connectivity index (χ3v) is 4.53. The number of hydrogen-bond donors (Lipinski definition) is 6. The lowest BCUT2D eigenvalue weighted by atomic mass is 10.2. The van der Waals surface area contributed by atoms with Crippen molar-refractivity contribution in [1.29, 1.82) is 0 Å². The van der Waals surface area contributed by atoms with E-state index in [1.54, 1.807) is 41.7 Å². The number of carbonyl (C=O) groups excluding carboxylic acids is 4. The van der Waals surface area contributed by atoms with Crippen molar-refractivity contribution in [2.45, 2.75) is 78.7 Å². The maximum Gasteiger partial charge on any atom is 0.322 e. The summed E-state index contributed by atoms with van der Waals surface area (Å²) in [4.78, 5) is 41.0. The van der Waals surface area contributed by atoms with Gasteiger partial charge in [-0.2, -0.15) is 0 Å². The van der Waals surface area contributed by atoms with Crippen LogP contribution in [0.3, 0.4) is 0 Å². The molecule has 0 aromatic heterocycles. The molecule has 0 rings (SSSR count). The molecule has 0 saturated carbocycles. The Kier molecular flexibility index (Phi) is 39.6. The van der Waals surface area contributed by atoms with Crippen LogP contribution in [-0.4, -0.2) is 110 Å². The van der Waals surface area contributed by atoms with Crippen LogP contribution in [0.2, 0.25) is 0 Å². The lowest BCUT2D eigenvalue weighted by Crippen LogP contribution is -2.42. The first-order chi connectivity index (χ1) is 17.6. The van der Waals surface area contributed by atoms with Gasteiger partial charge in [-0.25, -0.2) is 0 Å². The normalized spacial score (nSPS) is 13.4. The van der Waals surface area contributed by atoms with Crippen LogP contribution in [0.5, 0.6) is 0 Å². The van der Waals surface area contributed by atoms with E-state index < -0.39 is 6.04 Å². The summed E-state index contributed by atoms with van der Waals surface area (Å²) in [5, 5.41) is 11.8. The predicted octanol–water partition coefficient (Wildman–Crippen LogP) is -0.586. The zero-order chi connectivity index (χ0) is 31.3. The minimum Gasteiger partial charge on any atom is -0.469 e. The summed E-state index contributed by atoms with van der Waals surface area (Å²) in [6.07, 6.45) is 0.861. The first-order valence-electron chi connectivity index (χ1n) is 12.5. The highest BCUT2D eigenvalue weighted by Gasteiger charge is 2.12. The first kappa shape index (κ1) is 45.7. The number of nitrogens with two attached hydrogens (primary N) is 2. The number of methoxy groups -OCH3 is 3. The molecule has 0 heterocycles. The fraction of sp³-hybridized carbons (Fsp3) is 0.840. The molecular formula is C25H58N6O7. The van der Waals surface area contributed by atoms with Crippen LogP contribution in [0.15, 0.2) is 0 Å². The van der Waals surface area contributed by atoms with Gasteiger partial charge < -0.3 is 51.7 Å². The van der Waals surface area contributed by atoms with Gasteiger partial charge in [0, 0.05) is 25.2 Å². The van der Waals surface area contributed by atoms with E-state index in [1.165, 1.54) is 21.3 Å². The standard InChI is InChI=1S/C8H18N2O2.C5H10O2.C4H12N2.C4H9NO2.C4H9NO/c1-6(9-3)5-10-7(2)8(11)12-4;1-4(2)5(6)7-3;1-4(3-5)6-2;1-3(5)4(6)7-2;1-4(3-6)5-2/h6-7,9-10H,5H2,1-4H3;4H,1-3H3;4,6H,3,5H2,1-2H3;3H,5H2,1-2H3;3-5H,1-2H3. The van der Waals surface area contributed by atoms with Crippen molar-refractivity contribution >= 4 is 24.2 Å². The van der Waals surface area contributed by atoms with E-state index in [9.17, 15) is 19.2 Å². The molecule has 0 amide bonds. The van der Waals surface area contributed by atoms with Gasteiger partial charge in [-0.15, -0.1) is 0 Å². The van der Waals surface area contributed by atoms with Crippen LogP contribution in [-0.2, 0) is 33.4 Å². The van der Waals surface area contributed by atoms with Crippen molar-refractivity contribution in [3.8, 4) is 0 Å². The largest absolute Gasteiger partial charge is 0.469 e. The molecule has 8 N–H and O–H groups in total. The van der Waals surface area contributed by atoms with E-state index in [0.717, 1.165) is 19.4 Å². The molecule has 0 aliphatic rings. The third-order valence-electron chi connectivity index (χ3n) is 4.53. The van der Waals surface area contributed by atoms with Gasteiger partial charge in [-0.05, 0) is 55.8 Å². The molecule has 0 fully saturated rings. The maximum absolute atomic E-state index is 10.9. The number of aldehydes is 1. The molecule has 13 nitrogen and oxygen atoms in total. The van der Waals surface area contributed by atoms with Gasteiger partial charge in [0.15, 0.2) is 0 Å². The second kappa shape index (κ2) is 32.9. The van der Waals surface area contributed by atoms with Crippen molar-refractivity contribution in [3.05, 3.63) is 0 Å². The second-order valence-electron chi connectivity index (χ2n) is 8.47. The van der Waals surface area contributed by atoms with E-state index in [4.69, 9.17) is 11.5 Å². The highest BCUT2D eigenvalue weighted by molar-refractivity contribution is 5.75. The number of carbonyl (C=O) groups is 4. The van der Waals surface area contributed by atoms with Crippen molar-refractivity contribution in [2.24, 2.45) is 17.4 Å². The first-order valence-corrected chi connectivity index (χ1v) is 12.5. The molecule has 38 heavy (non-hydrogen) atoms. The number of nitrogens with one attached hydrogen (secondary N) is 4. The Bertz CT molecular complexity index is 542. The summed E-state index contributed by atoms with van der Waals surface area (Å²) < 4.78 is 13.2. The molecule has 0 aromatic carbocycles. The number of rotatable bonds is 11. The van der Waals surface area contributed by atoms with Crippen molar-refractivity contribution < 1.29 is 33.4 Å². The molecule has 0 bridgehead atoms. The van der Waals surface area contributed by atoms with E-state index in [0.29, 0.717) is 12.1 Å². The summed E-state index contributed by atoms with van der Waals surface area (Å²) in [7, 11) is 9.63. The van der Waals surface area contributed by atoms with E-state index in [2.05, 4.69) is 35.5 Å². The fourth-order valence-electron chi connectivity index (χ4n) is 1.32. The summed E-state index contributed by atoms with van der Waals surface area (Å²) in [5.74, 6) is -0.747. The highest BCUT2D eigenvalue weighted by Crippen LogP contribution is 1.92. The Hall–Kier alpha value is -2.16. The van der Waals surface area contributed by atoms with Gasteiger partial charge in [0.1, 0.15) is 18.4 Å². The SMILES string of the molecule is CNC(C)C=O.CNC(C)CN.CNC(C)CNC(C)C(=O)OC.COC(=O)C(C)C.COC(=O)C(C)N. The smallest absolute Gasteiger partial charge is 0.322 e. The summed E-state index contributed by atoms with van der Waals surface area (Å²) in [6.45, 7) is 14.3. The summed E-state index contributed by atoms with van der Waals surface area (Å²) >= 11 is 0. The Labute approximate surface area is 230 Å². The van der Waals surface area contributed by atoms with Crippen LogP contribution in [0.25, 0.3) is 0 Å². The Morgan fingerprint density at radius 3 is 1.29 bits per heavy atom. The second-order valence-corrected chi connectivity index (χ2v) is 8.47. The zero-order valence-electron chi connectivity index (χ0n) is 26.0. The lowest BCUT2D eigenvalue weighted by Gasteiger charge is -2.15. The number of likely N-dealkylation sites (N-methyl/N-ethyl adjacent to an activating group) is 3. The lowest BCUT2D eigenvalue weighted by molar-refractivity contribution is -0.144. The van der Waals surface area contributed by atoms with Gasteiger partial charge in [-0.3, -0.25) is 14.4 Å². The molecule has 0 aliphatic heterocycles. The minimum atomic E-state index is -0.495. The highest BCUT2D eigenvalue weighted by atomic mass is 16.5. The average molecular weight is 555 g/mol. The van der Waals surface area contributed by atoms with E-state index in [-0.39, 0.29) is 35.9 Å². The molecule has 0 radical (unpaired) electrons. The van der Waals surface area contributed by atoms with E-state index in [1.807, 2.05) is 27.9 Å². The predicted molar refractivity (Wildman–Crippen MR) is 153 cm³/mol. The Balaban J connectivity index is -0.000000123. The third kappa shape index (κ3) is 38.4. The van der Waals surface area contributed by atoms with Crippen LogP contribution >= 0.6 is 0 Å². The molecule has 5 unspecified atom stereocenters. The molecule has 0 saturated heterocycles. The van der Waals surface area contributed by atoms with Gasteiger partial charge in [-0.1, -0.05) is 13.8 Å². The average Bonchev–Trinajstić information content (AvgIpc) is 2.94. The van der Waals surface area contributed by atoms with Crippen LogP contribution in [0.1, 0.15) is 48.5 Å². The molecular weight excluding hydrogens is 496 g/mol. The molecule has 230 valence electrons. The van der Waals surface area contributed by atoms with Crippen LogP contribution in [0, 0.1) is 5.92 Å². The van der Waals surface area contributed by atoms with Crippen molar-refractivity contribution in [3.63, 3.8) is 0 Å². The van der Waals surface area contributed by atoms with Crippen molar-refractivity contribution in [1.82, 2.24) is 21.3 Å². The Morgan fingerprint density at radius 1 is 0.737 bits per heavy atom. The van der Waals surface area contributed by atoms with Gasteiger partial charge in [0.25, 0.3) is 0 Å². The summed E-state index contributed by atoms with van der Waals surface area (Å²) in [5.41, 5.74) is 10.3. The number of esters is 3. The van der Waals surface area contributed by atoms with Crippen molar-refractivity contribution in [2.75, 3.05) is 55.6 Å². The number of ether oxygens (including phenoxy) is 3. The van der Waals surface area contributed by atoms with E-state index >= 15 is 0 Å². The topological polar surface area (TPSA) is 196 Å². The Morgan fingerprint density at radius 2 is 1.16 bits per heavy atom. The van der Waals surface area contributed by atoms with Gasteiger partial charge in [0.05, 0.1) is 33.3 Å². The summed E-state index contributed by atoms with van der Waals surface area (Å²) in [6, 6.07) is 0.0999. The number of hydrogen-bond acceptors (Lipinski definition) is 13. The monoisotopic (exact) mass is 554 g/mol. The molecule has 0 aromatic rings. The van der Waals surface area contributed by atoms with Gasteiger partial charge in [0.2, 0.25) is 0 Å². The molecule has 0 spiro atoms. The quantitative estimate of drug-likeness (QED) is 0.108. The maximum atomic E-state index is 10.9. The fourth-order valence-corrected chi connectivity index (χ4v) is 1.32. The minimum absolute atomic E-state index is 0.00463. The molecule has 5 atom stereocenters. The van der Waals surface area contributed by atoms with Crippen LogP contribution < -0.4 is 32.7 Å². The zero-order valence-corrected chi connectivity index (χ0v) is 26.0.